The molecule has 5 heteroatoms. The topological polar surface area (TPSA) is 55.1 Å². The number of aryl methyl sites for hydroxylation is 2. The molecule has 26 heavy (non-hydrogen) atoms. The third kappa shape index (κ3) is 3.28. The molecular formula is C21H21N5. The van der Waals surface area contributed by atoms with Gasteiger partial charge in [0.05, 0.1) is 0 Å². The predicted molar refractivity (Wildman–Crippen MR) is 103 cm³/mol. The zero-order chi connectivity index (χ0) is 17.9. The minimum absolute atomic E-state index is 0.617. The minimum Gasteiger partial charge on any atom is -0.366 e. The van der Waals surface area contributed by atoms with Gasteiger partial charge in [0, 0.05) is 24.2 Å². The van der Waals surface area contributed by atoms with E-state index in [2.05, 4.69) is 75.8 Å². The number of hydrogen-bond acceptors (Lipinski definition) is 4. The molecule has 0 radical (unpaired) electrons. The number of nitrogens with zero attached hydrogens (tertiary/aromatic N) is 4. The first-order chi connectivity index (χ1) is 12.7. The molecular weight excluding hydrogens is 322 g/mol. The highest BCUT2D eigenvalue weighted by Gasteiger charge is 2.15. The van der Waals surface area contributed by atoms with E-state index >= 15 is 0 Å². The highest BCUT2D eigenvalue weighted by atomic mass is 15.4. The smallest absolute Gasteiger partial charge is 0.254 e. The number of aromatic nitrogens is 4. The van der Waals surface area contributed by atoms with E-state index in [0.717, 1.165) is 30.0 Å². The van der Waals surface area contributed by atoms with Crippen LogP contribution in [0.15, 0.2) is 60.9 Å². The summed E-state index contributed by atoms with van der Waals surface area (Å²) >= 11 is 0. The van der Waals surface area contributed by atoms with Crippen LogP contribution in [-0.2, 0) is 13.0 Å². The summed E-state index contributed by atoms with van der Waals surface area (Å²) in [6, 6.07) is 18.9. The molecule has 2 heterocycles. The molecule has 0 spiro atoms. The van der Waals surface area contributed by atoms with E-state index in [1.54, 1.807) is 10.8 Å². The fourth-order valence-corrected chi connectivity index (χ4v) is 3.19. The molecule has 2 aromatic carbocycles. The minimum atomic E-state index is 0.617. The third-order valence-electron chi connectivity index (χ3n) is 4.50. The van der Waals surface area contributed by atoms with E-state index in [-0.39, 0.29) is 0 Å². The van der Waals surface area contributed by atoms with E-state index in [0.29, 0.717) is 5.78 Å². The summed E-state index contributed by atoms with van der Waals surface area (Å²) in [5.41, 5.74) is 5.85. The quantitative estimate of drug-likeness (QED) is 0.596. The molecule has 0 unspecified atom stereocenters. The van der Waals surface area contributed by atoms with Gasteiger partial charge in [-0.15, -0.1) is 0 Å². The fourth-order valence-electron chi connectivity index (χ4n) is 3.19. The number of nitrogens with one attached hydrogen (secondary N) is 1. The van der Waals surface area contributed by atoms with Crippen molar-refractivity contribution in [2.75, 3.05) is 5.32 Å². The second-order valence-corrected chi connectivity index (χ2v) is 6.50. The van der Waals surface area contributed by atoms with Crippen molar-refractivity contribution in [1.29, 1.82) is 0 Å². The number of benzene rings is 2. The molecule has 0 saturated carbocycles. The molecule has 0 saturated heterocycles. The van der Waals surface area contributed by atoms with Gasteiger partial charge in [0.2, 0.25) is 0 Å². The van der Waals surface area contributed by atoms with E-state index in [9.17, 15) is 0 Å². The van der Waals surface area contributed by atoms with Crippen molar-refractivity contribution in [3.63, 3.8) is 0 Å². The van der Waals surface area contributed by atoms with Gasteiger partial charge in [-0.1, -0.05) is 60.2 Å². The molecule has 0 bridgehead atoms. The Morgan fingerprint density at radius 3 is 2.58 bits per heavy atom. The van der Waals surface area contributed by atoms with Crippen LogP contribution in [0.5, 0.6) is 0 Å². The Bertz CT molecular complexity index is 1040. The van der Waals surface area contributed by atoms with Crippen molar-refractivity contribution in [2.45, 2.75) is 26.8 Å². The fraction of sp³-hybridized carbons (Fsp3) is 0.190. The third-order valence-corrected chi connectivity index (χ3v) is 4.50. The van der Waals surface area contributed by atoms with Crippen LogP contribution >= 0.6 is 0 Å². The van der Waals surface area contributed by atoms with Gasteiger partial charge < -0.3 is 5.32 Å². The predicted octanol–water partition coefficient (Wildman–Crippen LogP) is 3.94. The molecule has 0 atom stereocenters. The number of rotatable bonds is 5. The Morgan fingerprint density at radius 2 is 1.77 bits per heavy atom. The summed E-state index contributed by atoms with van der Waals surface area (Å²) in [6.45, 7) is 4.86. The molecule has 1 N–H and O–H groups in total. The van der Waals surface area contributed by atoms with Gasteiger partial charge in [-0.2, -0.15) is 14.6 Å². The summed E-state index contributed by atoms with van der Waals surface area (Å²) in [5, 5.41) is 7.94. The van der Waals surface area contributed by atoms with Gasteiger partial charge >= 0.3 is 0 Å². The molecule has 130 valence electrons. The molecule has 2 aromatic heterocycles. The lowest BCUT2D eigenvalue weighted by molar-refractivity contribution is 0.890. The molecule has 0 fully saturated rings. The van der Waals surface area contributed by atoms with Gasteiger partial charge in [-0.3, -0.25) is 0 Å². The van der Waals surface area contributed by atoms with E-state index in [1.807, 2.05) is 13.0 Å². The molecule has 4 rings (SSSR count). The number of fused-ring (bicyclic) bond motifs is 1. The van der Waals surface area contributed by atoms with Crippen molar-refractivity contribution < 1.29 is 0 Å². The van der Waals surface area contributed by atoms with Crippen LogP contribution in [0, 0.1) is 13.8 Å². The zero-order valence-corrected chi connectivity index (χ0v) is 15.0. The van der Waals surface area contributed by atoms with Gasteiger partial charge in [-0.05, 0) is 25.0 Å². The van der Waals surface area contributed by atoms with Crippen molar-refractivity contribution in [3.05, 3.63) is 88.9 Å². The van der Waals surface area contributed by atoms with Gasteiger partial charge in [-0.25, -0.2) is 4.98 Å². The lowest BCUT2D eigenvalue weighted by atomic mass is 10.0. The largest absolute Gasteiger partial charge is 0.366 e. The zero-order valence-electron chi connectivity index (χ0n) is 15.0. The first-order valence-electron chi connectivity index (χ1n) is 8.73. The normalized spacial score (nSPS) is 11.0. The summed E-state index contributed by atoms with van der Waals surface area (Å²) in [5.74, 6) is 1.57. The van der Waals surface area contributed by atoms with Crippen LogP contribution in [0.25, 0.3) is 5.78 Å². The second kappa shape index (κ2) is 6.96. The van der Waals surface area contributed by atoms with E-state index in [1.165, 1.54) is 16.7 Å². The maximum atomic E-state index is 4.61. The number of anilines is 1. The molecule has 0 amide bonds. The average Bonchev–Trinajstić information content (AvgIpc) is 3.10. The van der Waals surface area contributed by atoms with Crippen LogP contribution in [0.1, 0.15) is 27.9 Å². The summed E-state index contributed by atoms with van der Waals surface area (Å²) in [6.07, 6.45) is 2.34. The maximum absolute atomic E-state index is 4.61. The Labute approximate surface area is 152 Å². The summed E-state index contributed by atoms with van der Waals surface area (Å²) < 4.78 is 1.79. The van der Waals surface area contributed by atoms with Gasteiger partial charge in [0.1, 0.15) is 12.1 Å². The second-order valence-electron chi connectivity index (χ2n) is 6.50. The first-order valence-corrected chi connectivity index (χ1v) is 8.73. The molecule has 0 aliphatic carbocycles. The molecule has 0 aliphatic heterocycles. The summed E-state index contributed by atoms with van der Waals surface area (Å²) in [7, 11) is 0. The van der Waals surface area contributed by atoms with Crippen molar-refractivity contribution in [2.24, 2.45) is 0 Å². The molecule has 4 aromatic rings. The lowest BCUT2D eigenvalue weighted by Gasteiger charge is -2.15. The Balaban J connectivity index is 1.73. The standard InChI is InChI=1S/C21H21N5/c1-15-7-6-10-18(11-15)13-22-20-19(12-17-8-4-3-5-9-17)16(2)25-21-23-14-24-26(20)21/h3-11,14,22H,12-13H2,1-2H3. The molecule has 0 aliphatic rings. The van der Waals surface area contributed by atoms with Gasteiger partial charge in [0.25, 0.3) is 5.78 Å². The highest BCUT2D eigenvalue weighted by molar-refractivity contribution is 5.54. The highest BCUT2D eigenvalue weighted by Crippen LogP contribution is 2.23. The first kappa shape index (κ1) is 16.3. The van der Waals surface area contributed by atoms with Crippen LogP contribution < -0.4 is 5.32 Å². The maximum Gasteiger partial charge on any atom is 0.254 e. The Hall–Kier alpha value is -3.21. The van der Waals surface area contributed by atoms with Crippen LogP contribution in [0.4, 0.5) is 5.82 Å². The van der Waals surface area contributed by atoms with E-state index in [4.69, 9.17) is 0 Å². The Morgan fingerprint density at radius 1 is 0.962 bits per heavy atom. The van der Waals surface area contributed by atoms with Gasteiger partial charge in [0.15, 0.2) is 0 Å². The number of hydrogen-bond donors (Lipinski definition) is 1. The van der Waals surface area contributed by atoms with Crippen LogP contribution in [-0.4, -0.2) is 19.6 Å². The SMILES string of the molecule is Cc1cccc(CNc2c(Cc3ccccc3)c(C)nc3ncnn23)c1. The van der Waals surface area contributed by atoms with Crippen molar-refractivity contribution >= 4 is 11.6 Å². The van der Waals surface area contributed by atoms with Crippen LogP contribution in [0.3, 0.4) is 0 Å². The Kier molecular flexibility index (Phi) is 4.35. The van der Waals surface area contributed by atoms with Crippen molar-refractivity contribution in [3.8, 4) is 0 Å². The monoisotopic (exact) mass is 343 g/mol. The van der Waals surface area contributed by atoms with Crippen LogP contribution in [0.2, 0.25) is 0 Å². The molecule has 5 nitrogen and oxygen atoms in total. The average molecular weight is 343 g/mol. The van der Waals surface area contributed by atoms with Crippen molar-refractivity contribution in [1.82, 2.24) is 19.6 Å². The summed E-state index contributed by atoms with van der Waals surface area (Å²) in [4.78, 5) is 8.87. The lowest BCUT2D eigenvalue weighted by Crippen LogP contribution is -2.12. The van der Waals surface area contributed by atoms with E-state index < -0.39 is 0 Å².